The second-order valence-corrected chi connectivity index (χ2v) is 8.68. The first-order chi connectivity index (χ1) is 13.0. The zero-order valence-electron chi connectivity index (χ0n) is 15.9. The number of fused-ring (bicyclic) bond motifs is 2. The van der Waals surface area contributed by atoms with Crippen molar-refractivity contribution < 1.29 is 4.39 Å². The van der Waals surface area contributed by atoms with E-state index in [0.29, 0.717) is 5.92 Å². The minimum Gasteiger partial charge on any atom is -0.310 e. The third-order valence-corrected chi connectivity index (χ3v) is 6.87. The Balaban J connectivity index is 1.34. The molecule has 0 bridgehead atoms. The number of hydrogen-bond acceptors (Lipinski definition) is 3. The number of aromatic amines is 1. The Hall–Kier alpha value is -2.01. The van der Waals surface area contributed by atoms with Gasteiger partial charge in [0, 0.05) is 23.4 Å². The van der Waals surface area contributed by atoms with Crippen LogP contribution in [0.25, 0.3) is 0 Å². The van der Waals surface area contributed by atoms with E-state index >= 15 is 0 Å². The first-order valence-electron chi connectivity index (χ1n) is 10.1. The van der Waals surface area contributed by atoms with Crippen LogP contribution in [0.15, 0.2) is 23.0 Å². The lowest BCUT2D eigenvalue weighted by molar-refractivity contribution is 0.149. The molecule has 5 rings (SSSR count). The molecule has 2 heterocycles. The quantitative estimate of drug-likeness (QED) is 0.902. The number of rotatable bonds is 3. The Morgan fingerprint density at radius 2 is 2.04 bits per heavy atom. The standard InChI is InChI=1S/C22H26FN3O/c1-14-12-17(23)5-4-16(14)13-26-10-8-22(9-11-26)7-6-18-19(22)24-20(15-2-3-15)25-21(18)27/h4-5,12,15H,2-3,6-11,13H2,1H3,(H,24,25,27). The summed E-state index contributed by atoms with van der Waals surface area (Å²) in [5.74, 6) is 1.23. The van der Waals surface area contributed by atoms with Crippen molar-refractivity contribution in [1.82, 2.24) is 14.9 Å². The van der Waals surface area contributed by atoms with Gasteiger partial charge in [-0.3, -0.25) is 9.69 Å². The summed E-state index contributed by atoms with van der Waals surface area (Å²) in [5.41, 5.74) is 4.44. The second kappa shape index (κ2) is 6.26. The van der Waals surface area contributed by atoms with E-state index in [1.165, 1.54) is 5.56 Å². The van der Waals surface area contributed by atoms with E-state index in [0.717, 1.165) is 80.8 Å². The van der Waals surface area contributed by atoms with Crippen molar-refractivity contribution in [2.75, 3.05) is 13.1 Å². The van der Waals surface area contributed by atoms with Crippen molar-refractivity contribution in [3.8, 4) is 0 Å². The fraction of sp³-hybridized carbons (Fsp3) is 0.545. The van der Waals surface area contributed by atoms with Gasteiger partial charge in [-0.2, -0.15) is 0 Å². The highest BCUT2D eigenvalue weighted by molar-refractivity contribution is 5.34. The fourth-order valence-corrected chi connectivity index (χ4v) is 4.92. The van der Waals surface area contributed by atoms with Gasteiger partial charge in [-0.1, -0.05) is 6.07 Å². The molecule has 2 fully saturated rings. The zero-order chi connectivity index (χ0) is 18.6. The summed E-state index contributed by atoms with van der Waals surface area (Å²) in [6.45, 7) is 4.85. The van der Waals surface area contributed by atoms with Gasteiger partial charge in [-0.25, -0.2) is 9.37 Å². The minimum absolute atomic E-state index is 0.0849. The molecule has 0 atom stereocenters. The van der Waals surface area contributed by atoms with Crippen LogP contribution in [0.1, 0.15) is 66.2 Å². The SMILES string of the molecule is Cc1cc(F)ccc1CN1CCC2(CCc3c2nc(C2CC2)[nH]c3=O)CC1. The summed E-state index contributed by atoms with van der Waals surface area (Å²) in [4.78, 5) is 23.0. The number of hydrogen-bond donors (Lipinski definition) is 1. The monoisotopic (exact) mass is 367 g/mol. The topological polar surface area (TPSA) is 49.0 Å². The molecule has 2 aliphatic carbocycles. The largest absolute Gasteiger partial charge is 0.310 e. The number of likely N-dealkylation sites (tertiary alicyclic amines) is 1. The van der Waals surface area contributed by atoms with Crippen molar-refractivity contribution in [3.63, 3.8) is 0 Å². The van der Waals surface area contributed by atoms with Crippen molar-refractivity contribution in [2.24, 2.45) is 0 Å². The lowest BCUT2D eigenvalue weighted by Crippen LogP contribution is -2.42. The normalized spacial score (nSPS) is 21.6. The van der Waals surface area contributed by atoms with Gasteiger partial charge < -0.3 is 4.98 Å². The molecule has 0 amide bonds. The number of aryl methyl sites for hydroxylation is 1. The molecule has 5 heteroatoms. The number of aromatic nitrogens is 2. The van der Waals surface area contributed by atoms with Crippen molar-refractivity contribution in [2.45, 2.75) is 63.3 Å². The molecule has 1 saturated carbocycles. The lowest BCUT2D eigenvalue weighted by atomic mass is 9.76. The van der Waals surface area contributed by atoms with Gasteiger partial charge in [0.2, 0.25) is 0 Å². The van der Waals surface area contributed by atoms with E-state index in [-0.39, 0.29) is 16.8 Å². The maximum Gasteiger partial charge on any atom is 0.254 e. The smallest absolute Gasteiger partial charge is 0.254 e. The van der Waals surface area contributed by atoms with Gasteiger partial charge >= 0.3 is 0 Å². The van der Waals surface area contributed by atoms with E-state index in [9.17, 15) is 9.18 Å². The van der Waals surface area contributed by atoms with Gasteiger partial charge in [0.05, 0.1) is 5.69 Å². The molecule has 1 saturated heterocycles. The van der Waals surface area contributed by atoms with Crippen LogP contribution < -0.4 is 5.56 Å². The Labute approximate surface area is 158 Å². The van der Waals surface area contributed by atoms with E-state index in [4.69, 9.17) is 4.98 Å². The molecule has 1 N–H and O–H groups in total. The molecule has 27 heavy (non-hydrogen) atoms. The Morgan fingerprint density at radius 3 is 2.74 bits per heavy atom. The molecule has 2 aromatic rings. The first kappa shape index (κ1) is 17.1. The first-order valence-corrected chi connectivity index (χ1v) is 10.1. The van der Waals surface area contributed by atoms with E-state index in [1.807, 2.05) is 13.0 Å². The van der Waals surface area contributed by atoms with Gasteiger partial charge in [0.1, 0.15) is 11.6 Å². The third-order valence-electron chi connectivity index (χ3n) is 6.87. The number of nitrogens with one attached hydrogen (secondary N) is 1. The van der Waals surface area contributed by atoms with Crippen LogP contribution in [0, 0.1) is 12.7 Å². The molecule has 0 radical (unpaired) electrons. The summed E-state index contributed by atoms with van der Waals surface area (Å²) in [6.07, 6.45) is 6.33. The summed E-state index contributed by atoms with van der Waals surface area (Å²) in [6, 6.07) is 5.07. The fourth-order valence-electron chi connectivity index (χ4n) is 4.92. The van der Waals surface area contributed by atoms with Crippen LogP contribution in [0.5, 0.6) is 0 Å². The molecule has 0 unspecified atom stereocenters. The summed E-state index contributed by atoms with van der Waals surface area (Å²) >= 11 is 0. The predicted molar refractivity (Wildman–Crippen MR) is 102 cm³/mol. The van der Waals surface area contributed by atoms with Crippen LogP contribution in [0.2, 0.25) is 0 Å². The van der Waals surface area contributed by atoms with Crippen LogP contribution >= 0.6 is 0 Å². The van der Waals surface area contributed by atoms with E-state index in [2.05, 4.69) is 9.88 Å². The van der Waals surface area contributed by atoms with Crippen molar-refractivity contribution in [3.05, 3.63) is 62.6 Å². The molecule has 1 aromatic heterocycles. The maximum absolute atomic E-state index is 13.3. The van der Waals surface area contributed by atoms with Crippen molar-refractivity contribution in [1.29, 1.82) is 0 Å². The van der Waals surface area contributed by atoms with Crippen LogP contribution in [0.3, 0.4) is 0 Å². The molecule has 1 spiro atoms. The third kappa shape index (κ3) is 3.02. The number of benzene rings is 1. The van der Waals surface area contributed by atoms with Gasteiger partial charge in [-0.05, 0) is 81.8 Å². The van der Waals surface area contributed by atoms with Gasteiger partial charge in [0.15, 0.2) is 0 Å². The van der Waals surface area contributed by atoms with Crippen LogP contribution in [-0.4, -0.2) is 28.0 Å². The highest BCUT2D eigenvalue weighted by Gasteiger charge is 2.44. The molecule has 4 nitrogen and oxygen atoms in total. The number of H-pyrrole nitrogens is 1. The Bertz CT molecular complexity index is 939. The van der Waals surface area contributed by atoms with E-state index < -0.39 is 0 Å². The van der Waals surface area contributed by atoms with Gasteiger partial charge in [0.25, 0.3) is 5.56 Å². The molecule has 3 aliphatic rings. The Kier molecular flexibility index (Phi) is 3.97. The molecule has 1 aliphatic heterocycles. The molecule has 1 aromatic carbocycles. The van der Waals surface area contributed by atoms with Crippen LogP contribution in [0.4, 0.5) is 4.39 Å². The molecular formula is C22H26FN3O. The zero-order valence-corrected chi connectivity index (χ0v) is 15.9. The molecular weight excluding hydrogens is 341 g/mol. The highest BCUT2D eigenvalue weighted by Crippen LogP contribution is 2.46. The van der Waals surface area contributed by atoms with Crippen LogP contribution in [-0.2, 0) is 18.4 Å². The number of halogens is 1. The van der Waals surface area contributed by atoms with Gasteiger partial charge in [-0.15, -0.1) is 0 Å². The average Bonchev–Trinajstić information content (AvgIpc) is 3.44. The minimum atomic E-state index is -0.167. The average molecular weight is 367 g/mol. The second-order valence-electron chi connectivity index (χ2n) is 8.68. The Morgan fingerprint density at radius 1 is 1.26 bits per heavy atom. The van der Waals surface area contributed by atoms with E-state index in [1.54, 1.807) is 12.1 Å². The summed E-state index contributed by atoms with van der Waals surface area (Å²) < 4.78 is 13.3. The summed E-state index contributed by atoms with van der Waals surface area (Å²) in [7, 11) is 0. The number of nitrogens with zero attached hydrogens (tertiary/aromatic N) is 2. The van der Waals surface area contributed by atoms with Crippen molar-refractivity contribution >= 4 is 0 Å². The lowest BCUT2D eigenvalue weighted by Gasteiger charge is -2.39. The summed E-state index contributed by atoms with van der Waals surface area (Å²) in [5, 5.41) is 0. The number of piperidine rings is 1. The highest BCUT2D eigenvalue weighted by atomic mass is 19.1. The molecule has 142 valence electrons. The maximum atomic E-state index is 13.3. The predicted octanol–water partition coefficient (Wildman–Crippen LogP) is 3.57.